The summed E-state index contributed by atoms with van der Waals surface area (Å²) in [4.78, 5) is 26.3. The van der Waals surface area contributed by atoms with Crippen LogP contribution in [0.25, 0.3) is 0 Å². The molecule has 3 aliphatic rings. The summed E-state index contributed by atoms with van der Waals surface area (Å²) in [7, 11) is 0. The van der Waals surface area contributed by atoms with Gasteiger partial charge >= 0.3 is 0 Å². The smallest absolute Gasteiger partial charge is 0.261 e. The van der Waals surface area contributed by atoms with Gasteiger partial charge in [-0.25, -0.2) is 0 Å². The summed E-state index contributed by atoms with van der Waals surface area (Å²) in [5, 5.41) is 3.32. The zero-order chi connectivity index (χ0) is 17.1. The molecule has 1 fully saturated rings. The Balaban J connectivity index is 0.000000815. The standard InChI is InChI=1S/C16H18N2O4.C2H6/c19-15-11-7-13-14(22-9-21-13)8-12(11)16(20)18(15)6-3-10-1-4-17-5-2-10;1-2/h7-8,10,17H,1-6,9H2;1-2H3. The number of hydrogen-bond donors (Lipinski definition) is 1. The van der Waals surface area contributed by atoms with Crippen molar-refractivity contribution in [3.8, 4) is 11.5 Å². The highest BCUT2D eigenvalue weighted by Gasteiger charge is 2.37. The molecule has 4 rings (SSSR count). The van der Waals surface area contributed by atoms with E-state index >= 15 is 0 Å². The topological polar surface area (TPSA) is 67.9 Å². The number of carbonyl (C=O) groups excluding carboxylic acids is 2. The second-order valence-electron chi connectivity index (χ2n) is 6.00. The number of piperidine rings is 1. The molecule has 130 valence electrons. The van der Waals surface area contributed by atoms with E-state index in [1.807, 2.05) is 13.8 Å². The lowest BCUT2D eigenvalue weighted by Crippen LogP contribution is -2.34. The number of benzene rings is 1. The number of carbonyl (C=O) groups is 2. The van der Waals surface area contributed by atoms with Gasteiger partial charge in [-0.05, 0) is 50.4 Å². The largest absolute Gasteiger partial charge is 0.454 e. The van der Waals surface area contributed by atoms with E-state index in [0.717, 1.165) is 32.4 Å². The maximum absolute atomic E-state index is 12.5. The van der Waals surface area contributed by atoms with E-state index in [-0.39, 0.29) is 18.6 Å². The van der Waals surface area contributed by atoms with E-state index in [0.29, 0.717) is 35.1 Å². The van der Waals surface area contributed by atoms with Crippen molar-refractivity contribution in [2.45, 2.75) is 33.1 Å². The van der Waals surface area contributed by atoms with Gasteiger partial charge in [0.2, 0.25) is 6.79 Å². The highest BCUT2D eigenvalue weighted by molar-refractivity contribution is 6.21. The Labute approximate surface area is 142 Å². The SMILES string of the molecule is CC.O=C1c2cc3c(cc2C(=O)N1CCC1CCNCC1)OCO3. The highest BCUT2D eigenvalue weighted by Crippen LogP contribution is 2.38. The van der Waals surface area contributed by atoms with Crippen LogP contribution in [0, 0.1) is 5.92 Å². The minimum Gasteiger partial charge on any atom is -0.454 e. The summed E-state index contributed by atoms with van der Waals surface area (Å²) < 4.78 is 10.6. The van der Waals surface area contributed by atoms with Crippen molar-refractivity contribution >= 4 is 11.8 Å². The van der Waals surface area contributed by atoms with Crippen molar-refractivity contribution in [2.24, 2.45) is 5.92 Å². The summed E-state index contributed by atoms with van der Waals surface area (Å²) in [6.45, 7) is 6.67. The fraction of sp³-hybridized carbons (Fsp3) is 0.556. The van der Waals surface area contributed by atoms with Gasteiger partial charge in [-0.1, -0.05) is 13.8 Å². The third-order valence-electron chi connectivity index (χ3n) is 4.68. The van der Waals surface area contributed by atoms with Crippen molar-refractivity contribution in [1.29, 1.82) is 0 Å². The first-order valence-electron chi connectivity index (χ1n) is 8.74. The number of hydrogen-bond acceptors (Lipinski definition) is 5. The molecule has 1 aromatic carbocycles. The third-order valence-corrected chi connectivity index (χ3v) is 4.68. The van der Waals surface area contributed by atoms with Gasteiger partial charge in [0.25, 0.3) is 11.8 Å². The summed E-state index contributed by atoms with van der Waals surface area (Å²) in [5.74, 6) is 1.24. The fourth-order valence-electron chi connectivity index (χ4n) is 3.36. The van der Waals surface area contributed by atoms with E-state index in [2.05, 4.69) is 5.32 Å². The van der Waals surface area contributed by atoms with Crippen LogP contribution in [0.15, 0.2) is 12.1 Å². The van der Waals surface area contributed by atoms with Crippen LogP contribution < -0.4 is 14.8 Å². The van der Waals surface area contributed by atoms with E-state index in [1.54, 1.807) is 12.1 Å². The second kappa shape index (κ2) is 7.21. The highest BCUT2D eigenvalue weighted by atomic mass is 16.7. The summed E-state index contributed by atoms with van der Waals surface area (Å²) >= 11 is 0. The van der Waals surface area contributed by atoms with Crippen LogP contribution in [0.1, 0.15) is 53.8 Å². The predicted octanol–water partition coefficient (Wildman–Crippen LogP) is 2.43. The minimum atomic E-state index is -0.216. The van der Waals surface area contributed by atoms with Gasteiger partial charge < -0.3 is 14.8 Å². The molecule has 0 saturated carbocycles. The second-order valence-corrected chi connectivity index (χ2v) is 6.00. The average molecular weight is 332 g/mol. The molecule has 0 radical (unpaired) electrons. The van der Waals surface area contributed by atoms with Crippen LogP contribution in [0.4, 0.5) is 0 Å². The van der Waals surface area contributed by atoms with Gasteiger partial charge in [0.15, 0.2) is 11.5 Å². The first-order chi connectivity index (χ1) is 11.7. The monoisotopic (exact) mass is 332 g/mol. The molecule has 0 spiro atoms. The molecule has 1 saturated heterocycles. The fourth-order valence-corrected chi connectivity index (χ4v) is 3.36. The van der Waals surface area contributed by atoms with Gasteiger partial charge in [0, 0.05) is 6.54 Å². The van der Waals surface area contributed by atoms with Crippen LogP contribution in [0.5, 0.6) is 11.5 Å². The molecule has 1 aromatic rings. The Morgan fingerprint density at radius 3 is 2.12 bits per heavy atom. The molecule has 1 N–H and O–H groups in total. The Morgan fingerprint density at radius 2 is 1.58 bits per heavy atom. The van der Waals surface area contributed by atoms with Gasteiger partial charge in [0.1, 0.15) is 0 Å². The molecule has 24 heavy (non-hydrogen) atoms. The summed E-state index contributed by atoms with van der Waals surface area (Å²) in [6, 6.07) is 3.25. The zero-order valence-electron chi connectivity index (χ0n) is 14.3. The molecule has 2 amide bonds. The first kappa shape index (κ1) is 16.8. The van der Waals surface area contributed by atoms with Crippen molar-refractivity contribution < 1.29 is 19.1 Å². The van der Waals surface area contributed by atoms with Crippen LogP contribution >= 0.6 is 0 Å². The molecular weight excluding hydrogens is 308 g/mol. The number of fused-ring (bicyclic) bond motifs is 2. The molecule has 6 nitrogen and oxygen atoms in total. The number of rotatable bonds is 3. The normalized spacial score (nSPS) is 19.2. The first-order valence-corrected chi connectivity index (χ1v) is 8.74. The molecule has 0 aromatic heterocycles. The minimum absolute atomic E-state index is 0.139. The lowest BCUT2D eigenvalue weighted by atomic mass is 9.94. The molecule has 3 heterocycles. The van der Waals surface area contributed by atoms with Gasteiger partial charge in [-0.2, -0.15) is 0 Å². The van der Waals surface area contributed by atoms with Crippen molar-refractivity contribution in [3.05, 3.63) is 23.3 Å². The molecule has 0 atom stereocenters. The van der Waals surface area contributed by atoms with Gasteiger partial charge in [-0.3, -0.25) is 14.5 Å². The Morgan fingerprint density at radius 1 is 1.04 bits per heavy atom. The van der Waals surface area contributed by atoms with Gasteiger partial charge in [0.05, 0.1) is 11.1 Å². The van der Waals surface area contributed by atoms with E-state index in [9.17, 15) is 9.59 Å². The number of imide groups is 1. The molecule has 3 aliphatic heterocycles. The van der Waals surface area contributed by atoms with Crippen molar-refractivity contribution in [1.82, 2.24) is 10.2 Å². The van der Waals surface area contributed by atoms with E-state index in [4.69, 9.17) is 9.47 Å². The maximum Gasteiger partial charge on any atom is 0.261 e. The van der Waals surface area contributed by atoms with E-state index < -0.39 is 0 Å². The molecule has 0 unspecified atom stereocenters. The molecule has 6 heteroatoms. The zero-order valence-corrected chi connectivity index (χ0v) is 14.3. The van der Waals surface area contributed by atoms with Gasteiger partial charge in [-0.15, -0.1) is 0 Å². The Bertz CT molecular complexity index is 595. The van der Waals surface area contributed by atoms with Crippen molar-refractivity contribution in [2.75, 3.05) is 26.4 Å². The van der Waals surface area contributed by atoms with Crippen LogP contribution in [-0.4, -0.2) is 43.1 Å². The average Bonchev–Trinajstić information content (AvgIpc) is 3.18. The predicted molar refractivity (Wildman–Crippen MR) is 89.5 cm³/mol. The quantitative estimate of drug-likeness (QED) is 0.861. The number of nitrogens with one attached hydrogen (secondary N) is 1. The number of ether oxygens (including phenoxy) is 2. The van der Waals surface area contributed by atoms with Crippen LogP contribution in [0.3, 0.4) is 0 Å². The molecule has 0 aliphatic carbocycles. The summed E-state index contributed by atoms with van der Waals surface area (Å²) in [6.07, 6.45) is 3.10. The molecular formula is C18H24N2O4. The van der Waals surface area contributed by atoms with Crippen LogP contribution in [0.2, 0.25) is 0 Å². The summed E-state index contributed by atoms with van der Waals surface area (Å²) in [5.41, 5.74) is 0.860. The Kier molecular flexibility index (Phi) is 5.04. The number of amides is 2. The van der Waals surface area contributed by atoms with Crippen LogP contribution in [-0.2, 0) is 0 Å². The van der Waals surface area contributed by atoms with E-state index in [1.165, 1.54) is 4.90 Å². The number of nitrogens with zero attached hydrogens (tertiary/aromatic N) is 1. The Hall–Kier alpha value is -2.08. The van der Waals surface area contributed by atoms with Crippen molar-refractivity contribution in [3.63, 3.8) is 0 Å². The third kappa shape index (κ3) is 2.98. The lowest BCUT2D eigenvalue weighted by Gasteiger charge is -2.24. The molecule has 0 bridgehead atoms. The lowest BCUT2D eigenvalue weighted by molar-refractivity contribution is 0.0642. The maximum atomic E-state index is 12.5.